The molecule has 2 aliphatic heterocycles. The minimum absolute atomic E-state index is 0.157. The molecule has 0 aliphatic carbocycles. The molecular formula is C20H27N5O2. The summed E-state index contributed by atoms with van der Waals surface area (Å²) in [6.45, 7) is 6.36. The number of hydrogen-bond acceptors (Lipinski definition) is 5. The fraction of sp³-hybridized carbons (Fsp3) is 0.550. The molecule has 0 bridgehead atoms. The monoisotopic (exact) mass is 369 g/mol. The summed E-state index contributed by atoms with van der Waals surface area (Å²) in [5, 5.41) is 4.19. The summed E-state index contributed by atoms with van der Waals surface area (Å²) in [6.07, 6.45) is 5.82. The molecule has 4 rings (SSSR count). The molecule has 1 aromatic carbocycles. The SMILES string of the molecule is CC(Cn1cncn1)N1CCC2(CC1)CN(CCc1ccccc1)C(=O)O2. The van der Waals surface area contributed by atoms with Gasteiger partial charge in [-0.25, -0.2) is 9.78 Å². The van der Waals surface area contributed by atoms with E-state index in [1.165, 1.54) is 5.56 Å². The Hall–Kier alpha value is -2.41. The summed E-state index contributed by atoms with van der Waals surface area (Å²) in [4.78, 5) is 20.7. The fourth-order valence-corrected chi connectivity index (χ4v) is 4.12. The first-order chi connectivity index (χ1) is 13.1. The second kappa shape index (κ2) is 7.68. The van der Waals surface area contributed by atoms with E-state index >= 15 is 0 Å². The van der Waals surface area contributed by atoms with Crippen LogP contribution in [0.2, 0.25) is 0 Å². The Kier molecular flexibility index (Phi) is 5.11. The molecule has 1 unspecified atom stereocenters. The van der Waals surface area contributed by atoms with Crippen molar-refractivity contribution in [2.45, 2.75) is 44.4 Å². The van der Waals surface area contributed by atoms with Crippen LogP contribution in [-0.2, 0) is 17.7 Å². The van der Waals surface area contributed by atoms with Crippen LogP contribution in [0.4, 0.5) is 4.79 Å². The summed E-state index contributed by atoms with van der Waals surface area (Å²) in [7, 11) is 0. The molecule has 0 radical (unpaired) electrons. The molecule has 2 fully saturated rings. The number of nitrogens with zero attached hydrogens (tertiary/aromatic N) is 5. The number of carbonyl (C=O) groups excluding carboxylic acids is 1. The molecule has 27 heavy (non-hydrogen) atoms. The van der Waals surface area contributed by atoms with Crippen LogP contribution in [0.3, 0.4) is 0 Å². The third kappa shape index (κ3) is 4.13. The molecule has 144 valence electrons. The lowest BCUT2D eigenvalue weighted by Gasteiger charge is -2.40. The predicted octanol–water partition coefficient (Wildman–Crippen LogP) is 2.20. The first-order valence-electron chi connectivity index (χ1n) is 9.72. The van der Waals surface area contributed by atoms with Crippen molar-refractivity contribution in [3.63, 3.8) is 0 Å². The Morgan fingerprint density at radius 1 is 1.22 bits per heavy atom. The molecule has 1 amide bonds. The van der Waals surface area contributed by atoms with Crippen LogP contribution < -0.4 is 0 Å². The number of piperidine rings is 1. The summed E-state index contributed by atoms with van der Waals surface area (Å²) >= 11 is 0. The van der Waals surface area contributed by atoms with E-state index in [0.29, 0.717) is 12.6 Å². The highest BCUT2D eigenvalue weighted by Gasteiger charge is 2.47. The van der Waals surface area contributed by atoms with Crippen LogP contribution in [0.25, 0.3) is 0 Å². The highest BCUT2D eigenvalue weighted by Crippen LogP contribution is 2.34. The normalized spacial score (nSPS) is 20.8. The van der Waals surface area contributed by atoms with Gasteiger partial charge in [-0.05, 0) is 18.9 Å². The van der Waals surface area contributed by atoms with E-state index in [0.717, 1.165) is 45.4 Å². The number of carbonyl (C=O) groups is 1. The summed E-state index contributed by atoms with van der Waals surface area (Å²) < 4.78 is 7.73. The number of rotatable bonds is 6. The van der Waals surface area contributed by atoms with Gasteiger partial charge in [-0.2, -0.15) is 5.10 Å². The number of hydrogen-bond donors (Lipinski definition) is 0. The van der Waals surface area contributed by atoms with Crippen molar-refractivity contribution in [2.75, 3.05) is 26.2 Å². The number of aromatic nitrogens is 3. The largest absolute Gasteiger partial charge is 0.441 e. The molecular weight excluding hydrogens is 342 g/mol. The van der Waals surface area contributed by atoms with Crippen LogP contribution in [0.5, 0.6) is 0 Å². The summed E-state index contributed by atoms with van der Waals surface area (Å²) in [5.41, 5.74) is 0.944. The zero-order valence-electron chi connectivity index (χ0n) is 15.8. The van der Waals surface area contributed by atoms with Gasteiger partial charge in [0.1, 0.15) is 18.3 Å². The van der Waals surface area contributed by atoms with Crippen LogP contribution in [-0.4, -0.2) is 68.5 Å². The number of amides is 1. The van der Waals surface area contributed by atoms with Gasteiger partial charge < -0.3 is 9.64 Å². The van der Waals surface area contributed by atoms with Gasteiger partial charge >= 0.3 is 6.09 Å². The van der Waals surface area contributed by atoms with E-state index in [9.17, 15) is 4.79 Å². The van der Waals surface area contributed by atoms with E-state index in [1.807, 2.05) is 27.8 Å². The van der Waals surface area contributed by atoms with Gasteiger partial charge in [-0.15, -0.1) is 0 Å². The first kappa shape index (κ1) is 18.0. The molecule has 2 saturated heterocycles. The maximum Gasteiger partial charge on any atom is 0.410 e. The van der Waals surface area contributed by atoms with E-state index in [2.05, 4.69) is 34.0 Å². The first-order valence-corrected chi connectivity index (χ1v) is 9.72. The Labute approximate surface area is 159 Å². The van der Waals surface area contributed by atoms with Crippen LogP contribution in [0, 0.1) is 0 Å². The molecule has 2 aromatic rings. The van der Waals surface area contributed by atoms with E-state index in [1.54, 1.807) is 12.7 Å². The Bertz CT molecular complexity index is 741. The van der Waals surface area contributed by atoms with Crippen molar-refractivity contribution in [3.05, 3.63) is 48.5 Å². The van der Waals surface area contributed by atoms with Gasteiger partial charge in [0.15, 0.2) is 0 Å². The lowest BCUT2D eigenvalue weighted by atomic mass is 9.90. The second-order valence-corrected chi connectivity index (χ2v) is 7.71. The lowest BCUT2D eigenvalue weighted by molar-refractivity contribution is -0.0102. The zero-order valence-corrected chi connectivity index (χ0v) is 15.8. The molecule has 7 nitrogen and oxygen atoms in total. The Balaban J connectivity index is 1.28. The van der Waals surface area contributed by atoms with E-state index < -0.39 is 0 Å². The third-order valence-corrected chi connectivity index (χ3v) is 5.80. The molecule has 0 saturated carbocycles. The van der Waals surface area contributed by atoms with Crippen LogP contribution in [0.1, 0.15) is 25.3 Å². The smallest absolute Gasteiger partial charge is 0.410 e. The van der Waals surface area contributed by atoms with Crippen molar-refractivity contribution in [1.29, 1.82) is 0 Å². The minimum Gasteiger partial charge on any atom is -0.441 e. The van der Waals surface area contributed by atoms with E-state index in [4.69, 9.17) is 4.74 Å². The average Bonchev–Trinajstić information content (AvgIpc) is 3.29. The maximum absolute atomic E-state index is 12.4. The van der Waals surface area contributed by atoms with Gasteiger partial charge in [0.2, 0.25) is 0 Å². The fourth-order valence-electron chi connectivity index (χ4n) is 4.12. The zero-order chi connectivity index (χ0) is 18.7. The molecule has 1 aromatic heterocycles. The van der Waals surface area contributed by atoms with Gasteiger partial charge in [-0.3, -0.25) is 9.58 Å². The lowest BCUT2D eigenvalue weighted by Crippen LogP contribution is -2.50. The Morgan fingerprint density at radius 3 is 2.70 bits per heavy atom. The molecule has 0 N–H and O–H groups in total. The molecule has 2 aliphatic rings. The Morgan fingerprint density at radius 2 is 2.00 bits per heavy atom. The van der Waals surface area contributed by atoms with Gasteiger partial charge in [0.25, 0.3) is 0 Å². The third-order valence-electron chi connectivity index (χ3n) is 5.80. The topological polar surface area (TPSA) is 63.5 Å². The van der Waals surface area contributed by atoms with Crippen LogP contribution >= 0.6 is 0 Å². The summed E-state index contributed by atoms with van der Waals surface area (Å²) in [5.74, 6) is 0. The predicted molar refractivity (Wildman–Crippen MR) is 101 cm³/mol. The second-order valence-electron chi connectivity index (χ2n) is 7.71. The van der Waals surface area contributed by atoms with Crippen molar-refractivity contribution in [1.82, 2.24) is 24.6 Å². The maximum atomic E-state index is 12.4. The highest BCUT2D eigenvalue weighted by atomic mass is 16.6. The summed E-state index contributed by atoms with van der Waals surface area (Å²) in [6, 6.07) is 10.7. The number of ether oxygens (including phenoxy) is 1. The molecule has 1 atom stereocenters. The van der Waals surface area contributed by atoms with Crippen molar-refractivity contribution < 1.29 is 9.53 Å². The van der Waals surface area contributed by atoms with Gasteiger partial charge in [-0.1, -0.05) is 30.3 Å². The van der Waals surface area contributed by atoms with Gasteiger partial charge in [0.05, 0.1) is 13.1 Å². The average molecular weight is 369 g/mol. The van der Waals surface area contributed by atoms with Crippen molar-refractivity contribution in [2.24, 2.45) is 0 Å². The van der Waals surface area contributed by atoms with E-state index in [-0.39, 0.29) is 11.7 Å². The van der Waals surface area contributed by atoms with Gasteiger partial charge in [0, 0.05) is 38.5 Å². The van der Waals surface area contributed by atoms with Crippen molar-refractivity contribution in [3.8, 4) is 0 Å². The number of benzene rings is 1. The van der Waals surface area contributed by atoms with Crippen molar-refractivity contribution >= 4 is 6.09 Å². The molecule has 1 spiro atoms. The quantitative estimate of drug-likeness (QED) is 0.781. The van der Waals surface area contributed by atoms with Crippen LogP contribution in [0.15, 0.2) is 43.0 Å². The molecule has 7 heteroatoms. The standard InChI is InChI=1S/C20H27N5O2/c1-17(13-25-16-21-15-22-25)23-11-8-20(9-12-23)14-24(19(26)27-20)10-7-18-5-3-2-4-6-18/h2-6,15-17H,7-14H2,1H3. The minimum atomic E-state index is -0.308. The highest BCUT2D eigenvalue weighted by molar-refractivity contribution is 5.70. The molecule has 3 heterocycles. The number of likely N-dealkylation sites (tertiary alicyclic amines) is 1.